The lowest BCUT2D eigenvalue weighted by Gasteiger charge is -2.19. The molecule has 0 unspecified atom stereocenters. The van der Waals surface area contributed by atoms with E-state index in [9.17, 15) is 23.2 Å². The lowest BCUT2D eigenvalue weighted by molar-refractivity contribution is -0.115. The molecule has 26 heavy (non-hydrogen) atoms. The molecule has 3 rings (SSSR count). The third kappa shape index (κ3) is 3.31. The average molecular weight is 382 g/mol. The smallest absolute Gasteiger partial charge is 0.344 e. The molecule has 9 heteroatoms. The van der Waals surface area contributed by atoms with Gasteiger partial charge in [0.1, 0.15) is 5.56 Å². The van der Waals surface area contributed by atoms with Crippen LogP contribution in [0.25, 0.3) is 10.9 Å². The van der Waals surface area contributed by atoms with Crippen LogP contribution in [0.5, 0.6) is 0 Å². The van der Waals surface area contributed by atoms with Gasteiger partial charge < -0.3 is 15.0 Å². The van der Waals surface area contributed by atoms with Crippen molar-refractivity contribution in [1.29, 1.82) is 0 Å². The number of carbonyl (C=O) groups excluding carboxylic acids is 2. The summed E-state index contributed by atoms with van der Waals surface area (Å²) < 4.78 is 34.1. The third-order valence-electron chi connectivity index (χ3n) is 3.95. The molecule has 1 fully saturated rings. The Morgan fingerprint density at radius 1 is 1.31 bits per heavy atom. The maximum atomic E-state index is 13.8. The molecule has 0 saturated heterocycles. The minimum Gasteiger partial charge on any atom is -0.462 e. The Bertz CT molecular complexity index is 970. The molecule has 138 valence electrons. The van der Waals surface area contributed by atoms with Gasteiger partial charge in [0.05, 0.1) is 22.9 Å². The van der Waals surface area contributed by atoms with E-state index in [0.29, 0.717) is 0 Å². The van der Waals surface area contributed by atoms with Gasteiger partial charge in [-0.3, -0.25) is 9.59 Å². The fourth-order valence-corrected chi connectivity index (χ4v) is 3.72. The predicted octanol–water partition coefficient (Wildman–Crippen LogP) is 2.37. The summed E-state index contributed by atoms with van der Waals surface area (Å²) in [5.41, 5.74) is 4.31. The normalized spacial score (nSPS) is 13.8. The fourth-order valence-electron chi connectivity index (χ4n) is 2.74. The number of nitrogens with two attached hydrogens (primary N) is 1. The number of pyridine rings is 1. The first-order valence-corrected chi connectivity index (χ1v) is 8.99. The van der Waals surface area contributed by atoms with Gasteiger partial charge in [-0.25, -0.2) is 13.6 Å². The summed E-state index contributed by atoms with van der Waals surface area (Å²) in [5.74, 6) is -3.95. The highest BCUT2D eigenvalue weighted by Crippen LogP contribution is 2.41. The molecule has 1 heterocycles. The molecular weight excluding hydrogens is 366 g/mol. The Hall–Kier alpha value is -2.42. The number of esters is 1. The van der Waals surface area contributed by atoms with Gasteiger partial charge in [0, 0.05) is 17.5 Å². The average Bonchev–Trinajstić information content (AvgIpc) is 3.39. The highest BCUT2D eigenvalue weighted by atomic mass is 32.2. The monoisotopic (exact) mass is 382 g/mol. The molecule has 0 atom stereocenters. The van der Waals surface area contributed by atoms with Crippen LogP contribution in [-0.2, 0) is 9.53 Å². The van der Waals surface area contributed by atoms with Gasteiger partial charge in [-0.05, 0) is 25.8 Å². The second-order valence-electron chi connectivity index (χ2n) is 5.87. The zero-order valence-electron chi connectivity index (χ0n) is 13.9. The van der Waals surface area contributed by atoms with Crippen molar-refractivity contribution in [3.8, 4) is 0 Å². The van der Waals surface area contributed by atoms with Crippen LogP contribution in [0.4, 0.5) is 8.78 Å². The molecule has 0 radical (unpaired) electrons. The quantitative estimate of drug-likeness (QED) is 0.612. The fraction of sp³-hybridized carbons (Fsp3) is 0.353. The minimum absolute atomic E-state index is 0.0391. The summed E-state index contributed by atoms with van der Waals surface area (Å²) in [5, 5.41) is 0.0792. The molecule has 1 aromatic carbocycles. The maximum absolute atomic E-state index is 13.8. The van der Waals surface area contributed by atoms with E-state index in [1.54, 1.807) is 11.5 Å². The number of amides is 1. The second kappa shape index (κ2) is 7.06. The Kier molecular flexibility index (Phi) is 4.99. The van der Waals surface area contributed by atoms with Crippen molar-refractivity contribution < 1.29 is 23.1 Å². The molecule has 1 aliphatic rings. The topological polar surface area (TPSA) is 91.4 Å². The van der Waals surface area contributed by atoms with E-state index < -0.39 is 28.9 Å². The number of carbonyl (C=O) groups is 2. The van der Waals surface area contributed by atoms with E-state index in [0.717, 1.165) is 36.7 Å². The van der Waals surface area contributed by atoms with Crippen LogP contribution < -0.4 is 11.2 Å². The number of ether oxygens (including phenoxy) is 1. The van der Waals surface area contributed by atoms with E-state index in [1.807, 2.05) is 0 Å². The number of hydrogen-bond acceptors (Lipinski definition) is 5. The molecule has 2 aromatic rings. The van der Waals surface area contributed by atoms with Crippen molar-refractivity contribution in [2.75, 3.05) is 12.4 Å². The van der Waals surface area contributed by atoms with E-state index in [-0.39, 0.29) is 39.9 Å². The van der Waals surface area contributed by atoms with Gasteiger partial charge in [-0.1, -0.05) is 11.8 Å². The number of nitrogens with zero attached hydrogens (tertiary/aromatic N) is 1. The molecular formula is C17H16F2N2O4S. The van der Waals surface area contributed by atoms with Crippen molar-refractivity contribution in [2.45, 2.75) is 30.8 Å². The standard InChI is InChI=1S/C17H16F2N2O4S/c1-2-25-17(24)14-15(23)9-5-10(18)11(19)6-12(9)21(8-3-4-8)16(14)26-7-13(20)22/h5-6,8H,2-4,7H2,1H3,(H2,20,22). The first kappa shape index (κ1) is 18.4. The first-order valence-electron chi connectivity index (χ1n) is 8.00. The van der Waals surface area contributed by atoms with Crippen molar-refractivity contribution in [1.82, 2.24) is 4.57 Å². The van der Waals surface area contributed by atoms with Gasteiger partial charge >= 0.3 is 5.97 Å². The Morgan fingerprint density at radius 3 is 2.54 bits per heavy atom. The van der Waals surface area contributed by atoms with Crippen LogP contribution in [0.1, 0.15) is 36.2 Å². The number of halogens is 2. The van der Waals surface area contributed by atoms with E-state index in [4.69, 9.17) is 10.5 Å². The number of thioether (sulfide) groups is 1. The van der Waals surface area contributed by atoms with Gasteiger partial charge in [0.25, 0.3) is 0 Å². The molecule has 0 spiro atoms. The largest absolute Gasteiger partial charge is 0.462 e. The number of primary amides is 1. The Balaban J connectivity index is 2.37. The lowest BCUT2D eigenvalue weighted by Crippen LogP contribution is -2.25. The SMILES string of the molecule is CCOC(=O)c1c(SCC(N)=O)n(C2CC2)c2cc(F)c(F)cc2c1=O. The summed E-state index contributed by atoms with van der Waals surface area (Å²) in [7, 11) is 0. The molecule has 2 N–H and O–H groups in total. The molecule has 0 aliphatic heterocycles. The highest BCUT2D eigenvalue weighted by Gasteiger charge is 2.32. The number of aromatic nitrogens is 1. The number of rotatable bonds is 6. The van der Waals surface area contributed by atoms with Crippen LogP contribution in [0.3, 0.4) is 0 Å². The molecule has 1 aliphatic carbocycles. The number of hydrogen-bond donors (Lipinski definition) is 1. The predicted molar refractivity (Wildman–Crippen MR) is 92.3 cm³/mol. The van der Waals surface area contributed by atoms with Crippen molar-refractivity contribution in [3.63, 3.8) is 0 Å². The van der Waals surface area contributed by atoms with Gasteiger partial charge in [-0.15, -0.1) is 0 Å². The number of benzene rings is 1. The van der Waals surface area contributed by atoms with Crippen LogP contribution >= 0.6 is 11.8 Å². The highest BCUT2D eigenvalue weighted by molar-refractivity contribution is 8.00. The Labute approximate surface area is 151 Å². The zero-order valence-corrected chi connectivity index (χ0v) is 14.7. The summed E-state index contributed by atoms with van der Waals surface area (Å²) in [6, 6.07) is 1.65. The first-order chi connectivity index (χ1) is 12.3. The summed E-state index contributed by atoms with van der Waals surface area (Å²) in [6.07, 6.45) is 1.51. The molecule has 1 saturated carbocycles. The van der Waals surface area contributed by atoms with Crippen LogP contribution in [0.2, 0.25) is 0 Å². The second-order valence-corrected chi connectivity index (χ2v) is 6.83. The van der Waals surface area contributed by atoms with Crippen LogP contribution in [-0.4, -0.2) is 28.8 Å². The van der Waals surface area contributed by atoms with Crippen LogP contribution in [0, 0.1) is 11.6 Å². The lowest BCUT2D eigenvalue weighted by atomic mass is 10.1. The summed E-state index contributed by atoms with van der Waals surface area (Å²) in [4.78, 5) is 36.4. The van der Waals surface area contributed by atoms with Crippen LogP contribution in [0.15, 0.2) is 22.0 Å². The molecule has 1 amide bonds. The van der Waals surface area contributed by atoms with E-state index in [2.05, 4.69) is 0 Å². The van der Waals surface area contributed by atoms with Crippen molar-refractivity contribution >= 4 is 34.5 Å². The zero-order chi connectivity index (χ0) is 19.0. The summed E-state index contributed by atoms with van der Waals surface area (Å²) >= 11 is 0.915. The molecule has 0 bridgehead atoms. The van der Waals surface area contributed by atoms with Gasteiger partial charge in [0.2, 0.25) is 11.3 Å². The number of fused-ring (bicyclic) bond motifs is 1. The van der Waals surface area contributed by atoms with E-state index in [1.165, 1.54) is 0 Å². The molecule has 6 nitrogen and oxygen atoms in total. The maximum Gasteiger partial charge on any atom is 0.344 e. The third-order valence-corrected chi connectivity index (χ3v) is 5.05. The Morgan fingerprint density at radius 2 is 1.96 bits per heavy atom. The van der Waals surface area contributed by atoms with E-state index >= 15 is 0 Å². The summed E-state index contributed by atoms with van der Waals surface area (Å²) in [6.45, 7) is 1.63. The van der Waals surface area contributed by atoms with Gasteiger partial charge in [0.15, 0.2) is 11.6 Å². The molecule has 1 aromatic heterocycles. The van der Waals surface area contributed by atoms with Crippen molar-refractivity contribution in [2.24, 2.45) is 5.73 Å². The minimum atomic E-state index is -1.18. The van der Waals surface area contributed by atoms with Gasteiger partial charge in [-0.2, -0.15) is 0 Å². The van der Waals surface area contributed by atoms with Crippen molar-refractivity contribution in [3.05, 3.63) is 39.6 Å².